The van der Waals surface area contributed by atoms with Gasteiger partial charge in [0.1, 0.15) is 6.54 Å². The Bertz CT molecular complexity index is 558. The van der Waals surface area contributed by atoms with Gasteiger partial charge in [-0.3, -0.25) is 4.79 Å². The van der Waals surface area contributed by atoms with E-state index in [9.17, 15) is 4.79 Å². The van der Waals surface area contributed by atoms with Gasteiger partial charge in [0.2, 0.25) is 5.91 Å². The molecule has 0 aliphatic heterocycles. The van der Waals surface area contributed by atoms with Crippen LogP contribution in [0.25, 0.3) is 0 Å². The van der Waals surface area contributed by atoms with Crippen LogP contribution in [0.15, 0.2) is 29.3 Å². The van der Waals surface area contributed by atoms with Crippen LogP contribution in [0.1, 0.15) is 33.3 Å². The summed E-state index contributed by atoms with van der Waals surface area (Å²) in [7, 11) is 4.07. The molecule has 0 fully saturated rings. The molecule has 0 saturated heterocycles. The first-order chi connectivity index (χ1) is 11.7. The lowest BCUT2D eigenvalue weighted by molar-refractivity contribution is -0.121. The molecule has 0 radical (unpaired) electrons. The van der Waals surface area contributed by atoms with Crippen LogP contribution in [0.3, 0.4) is 0 Å². The van der Waals surface area contributed by atoms with Crippen molar-refractivity contribution in [3.8, 4) is 0 Å². The highest BCUT2D eigenvalue weighted by atomic mass is 16.2. The number of aliphatic imine (C=N–C) groups is 1. The molecule has 0 aliphatic rings. The van der Waals surface area contributed by atoms with Crippen molar-refractivity contribution in [3.63, 3.8) is 0 Å². The number of carbonyl (C=O) groups is 1. The number of anilines is 1. The molecule has 0 heterocycles. The normalized spacial score (nSPS) is 11.8. The minimum atomic E-state index is -0.239. The van der Waals surface area contributed by atoms with Crippen molar-refractivity contribution < 1.29 is 4.79 Å². The lowest BCUT2D eigenvalue weighted by Gasteiger charge is -2.20. The van der Waals surface area contributed by atoms with E-state index in [1.54, 1.807) is 0 Å². The molecule has 0 atom stereocenters. The van der Waals surface area contributed by atoms with Gasteiger partial charge in [-0.2, -0.15) is 0 Å². The fourth-order valence-electron chi connectivity index (χ4n) is 2.24. The highest BCUT2D eigenvalue weighted by molar-refractivity contribution is 5.85. The van der Waals surface area contributed by atoms with Gasteiger partial charge in [-0.15, -0.1) is 0 Å². The molecule has 1 aromatic carbocycles. The number of amides is 1. The van der Waals surface area contributed by atoms with Crippen LogP contribution in [0.2, 0.25) is 0 Å². The number of nitrogens with zero attached hydrogens (tertiary/aromatic N) is 2. The van der Waals surface area contributed by atoms with Crippen molar-refractivity contribution in [1.29, 1.82) is 0 Å². The Labute approximate surface area is 152 Å². The molecule has 0 bridgehead atoms. The van der Waals surface area contributed by atoms with Crippen molar-refractivity contribution in [2.45, 2.75) is 39.7 Å². The third kappa shape index (κ3) is 8.98. The number of hydrogen-bond donors (Lipinski definition) is 3. The highest BCUT2D eigenvalue weighted by Crippen LogP contribution is 2.12. The van der Waals surface area contributed by atoms with Crippen LogP contribution in [0.5, 0.6) is 0 Å². The first-order valence-corrected chi connectivity index (χ1v) is 8.80. The van der Waals surface area contributed by atoms with Gasteiger partial charge in [-0.05, 0) is 51.8 Å². The summed E-state index contributed by atoms with van der Waals surface area (Å²) < 4.78 is 0. The third-order valence-corrected chi connectivity index (χ3v) is 3.40. The van der Waals surface area contributed by atoms with E-state index in [0.29, 0.717) is 5.96 Å². The lowest BCUT2D eigenvalue weighted by atomic mass is 10.1. The van der Waals surface area contributed by atoms with E-state index in [-0.39, 0.29) is 18.0 Å². The molecule has 140 valence electrons. The molecule has 25 heavy (non-hydrogen) atoms. The summed E-state index contributed by atoms with van der Waals surface area (Å²) in [6.45, 7) is 9.51. The molecule has 0 spiro atoms. The molecule has 6 heteroatoms. The van der Waals surface area contributed by atoms with Gasteiger partial charge < -0.3 is 20.9 Å². The summed E-state index contributed by atoms with van der Waals surface area (Å²) in [5.41, 5.74) is 2.22. The van der Waals surface area contributed by atoms with E-state index in [1.165, 1.54) is 11.3 Å². The number of hydrogen-bond acceptors (Lipinski definition) is 3. The maximum absolute atomic E-state index is 11.9. The van der Waals surface area contributed by atoms with E-state index in [4.69, 9.17) is 0 Å². The molecule has 0 unspecified atom stereocenters. The number of nitrogens with one attached hydrogen (secondary N) is 3. The zero-order valence-corrected chi connectivity index (χ0v) is 16.4. The summed E-state index contributed by atoms with van der Waals surface area (Å²) >= 11 is 0. The summed E-state index contributed by atoms with van der Waals surface area (Å²) in [6.07, 6.45) is 0.895. The quantitative estimate of drug-likeness (QED) is 0.519. The second kappa shape index (κ2) is 9.91. The smallest absolute Gasteiger partial charge is 0.242 e. The molecule has 3 N–H and O–H groups in total. The summed E-state index contributed by atoms with van der Waals surface area (Å²) in [6, 6.07) is 8.51. The minimum absolute atomic E-state index is 0.0797. The summed E-state index contributed by atoms with van der Waals surface area (Å²) in [5.74, 6) is 0.584. The second-order valence-electron chi connectivity index (χ2n) is 7.23. The van der Waals surface area contributed by atoms with Crippen LogP contribution in [0.4, 0.5) is 5.69 Å². The first kappa shape index (κ1) is 20.8. The van der Waals surface area contributed by atoms with Crippen molar-refractivity contribution in [1.82, 2.24) is 16.0 Å². The number of benzene rings is 1. The maximum atomic E-state index is 11.9. The SMILES string of the molecule is CCNC(=NCC(=O)NC(C)(C)C)NCCc1ccc(N(C)C)cc1. The Hall–Kier alpha value is -2.24. The molecule has 0 aromatic heterocycles. The third-order valence-electron chi connectivity index (χ3n) is 3.40. The predicted octanol–water partition coefficient (Wildman–Crippen LogP) is 1.76. The summed E-state index contributed by atoms with van der Waals surface area (Å²) in [5, 5.41) is 9.34. The average molecular weight is 348 g/mol. The number of rotatable bonds is 7. The van der Waals surface area contributed by atoms with Gasteiger partial charge in [0, 0.05) is 38.4 Å². The van der Waals surface area contributed by atoms with Gasteiger partial charge in [0.15, 0.2) is 5.96 Å². The molecule has 0 aliphatic carbocycles. The second-order valence-corrected chi connectivity index (χ2v) is 7.23. The van der Waals surface area contributed by atoms with Gasteiger partial charge in [0.25, 0.3) is 0 Å². The number of carbonyl (C=O) groups excluding carboxylic acids is 1. The first-order valence-electron chi connectivity index (χ1n) is 8.80. The monoisotopic (exact) mass is 347 g/mol. The van der Waals surface area contributed by atoms with Crippen LogP contribution in [-0.4, -0.2) is 51.1 Å². The Morgan fingerprint density at radius 3 is 2.28 bits per heavy atom. The van der Waals surface area contributed by atoms with Crippen LogP contribution in [-0.2, 0) is 11.2 Å². The largest absolute Gasteiger partial charge is 0.378 e. The molecule has 6 nitrogen and oxygen atoms in total. The van der Waals surface area contributed by atoms with E-state index in [1.807, 2.05) is 41.8 Å². The van der Waals surface area contributed by atoms with Crippen molar-refractivity contribution in [2.24, 2.45) is 4.99 Å². The summed E-state index contributed by atoms with van der Waals surface area (Å²) in [4.78, 5) is 18.3. The molecule has 1 aromatic rings. The van der Waals surface area contributed by atoms with Crippen LogP contribution < -0.4 is 20.9 Å². The van der Waals surface area contributed by atoms with E-state index < -0.39 is 0 Å². The van der Waals surface area contributed by atoms with Crippen LogP contribution in [0, 0.1) is 0 Å². The van der Waals surface area contributed by atoms with Gasteiger partial charge in [-0.1, -0.05) is 12.1 Å². The lowest BCUT2D eigenvalue weighted by Crippen LogP contribution is -2.43. The topological polar surface area (TPSA) is 68.8 Å². The van der Waals surface area contributed by atoms with Crippen molar-refractivity contribution >= 4 is 17.6 Å². The molecule has 1 amide bonds. The zero-order chi connectivity index (χ0) is 18.9. The van der Waals surface area contributed by atoms with Crippen molar-refractivity contribution in [3.05, 3.63) is 29.8 Å². The predicted molar refractivity (Wildman–Crippen MR) is 106 cm³/mol. The number of guanidine groups is 1. The highest BCUT2D eigenvalue weighted by Gasteiger charge is 2.13. The Balaban J connectivity index is 2.49. The maximum Gasteiger partial charge on any atom is 0.242 e. The van der Waals surface area contributed by atoms with Gasteiger partial charge in [-0.25, -0.2) is 4.99 Å². The molecule has 0 saturated carbocycles. The van der Waals surface area contributed by atoms with E-state index in [0.717, 1.165) is 19.5 Å². The fraction of sp³-hybridized carbons (Fsp3) is 0.579. The van der Waals surface area contributed by atoms with E-state index in [2.05, 4.69) is 50.1 Å². The van der Waals surface area contributed by atoms with Crippen molar-refractivity contribution in [2.75, 3.05) is 38.6 Å². The average Bonchev–Trinajstić information content (AvgIpc) is 2.51. The molecular weight excluding hydrogens is 314 g/mol. The standard InChI is InChI=1S/C19H33N5O/c1-7-20-18(22-14-17(25)23-19(2,3)4)21-13-12-15-8-10-16(11-9-15)24(5)6/h8-11H,7,12-14H2,1-6H3,(H,23,25)(H2,20,21,22). The Kier molecular flexibility index (Phi) is 8.25. The van der Waals surface area contributed by atoms with Gasteiger partial charge in [0.05, 0.1) is 0 Å². The van der Waals surface area contributed by atoms with Crippen LogP contribution >= 0.6 is 0 Å². The molecule has 1 rings (SSSR count). The Morgan fingerprint density at radius 2 is 1.76 bits per heavy atom. The van der Waals surface area contributed by atoms with Gasteiger partial charge >= 0.3 is 0 Å². The van der Waals surface area contributed by atoms with E-state index >= 15 is 0 Å². The minimum Gasteiger partial charge on any atom is -0.378 e. The zero-order valence-electron chi connectivity index (χ0n) is 16.4. The Morgan fingerprint density at radius 1 is 1.12 bits per heavy atom. The molecular formula is C19H33N5O. The fourth-order valence-corrected chi connectivity index (χ4v) is 2.24.